The molecule has 1 aliphatic rings. The van der Waals surface area contributed by atoms with Crippen molar-refractivity contribution in [2.45, 2.75) is 18.6 Å². The maximum Gasteiger partial charge on any atom is 0.416 e. The zero-order valence-corrected chi connectivity index (χ0v) is 16.4. The Bertz CT molecular complexity index is 1030. The lowest BCUT2D eigenvalue weighted by atomic mass is 9.91. The first kappa shape index (κ1) is 19.5. The van der Waals surface area contributed by atoms with E-state index in [0.717, 1.165) is 22.6 Å². The molecule has 0 aliphatic carbocycles. The van der Waals surface area contributed by atoms with E-state index in [1.807, 2.05) is 11.4 Å². The maximum atomic E-state index is 13.3. The summed E-state index contributed by atoms with van der Waals surface area (Å²) in [5, 5.41) is 1.92. The first-order valence-corrected chi connectivity index (χ1v) is 9.95. The Morgan fingerprint density at radius 2 is 1.90 bits per heavy atom. The third-order valence-electron chi connectivity index (χ3n) is 5.09. The number of thiophene rings is 1. The molecule has 3 aromatic rings. The molecule has 2 heterocycles. The lowest BCUT2D eigenvalue weighted by molar-refractivity contribution is -0.137. The van der Waals surface area contributed by atoms with Gasteiger partial charge >= 0.3 is 6.18 Å². The number of nitrogens with zero attached hydrogens (tertiary/aromatic N) is 1. The first-order chi connectivity index (χ1) is 13.9. The normalized spacial score (nSPS) is 16.4. The minimum atomic E-state index is -4.44. The van der Waals surface area contributed by atoms with E-state index in [1.165, 1.54) is 6.07 Å². The van der Waals surface area contributed by atoms with Gasteiger partial charge in [0.1, 0.15) is 5.75 Å². The molecule has 7 heteroatoms. The molecule has 3 nitrogen and oxygen atoms in total. The van der Waals surface area contributed by atoms with Gasteiger partial charge in [0.15, 0.2) is 0 Å². The number of hydrogen-bond acceptors (Lipinski definition) is 3. The summed E-state index contributed by atoms with van der Waals surface area (Å²) < 4.78 is 45.0. The predicted octanol–water partition coefficient (Wildman–Crippen LogP) is 5.56. The van der Waals surface area contributed by atoms with Crippen LogP contribution in [0.3, 0.4) is 0 Å². The Morgan fingerprint density at radius 3 is 2.59 bits per heavy atom. The number of amides is 1. The summed E-state index contributed by atoms with van der Waals surface area (Å²) in [5.41, 5.74) is 1.11. The van der Waals surface area contributed by atoms with Gasteiger partial charge in [0.05, 0.1) is 18.7 Å². The monoisotopic (exact) mass is 417 g/mol. The maximum absolute atomic E-state index is 13.3. The van der Waals surface area contributed by atoms with Crippen LogP contribution < -0.4 is 4.74 Å². The van der Waals surface area contributed by atoms with Crippen molar-refractivity contribution in [1.82, 2.24) is 4.90 Å². The van der Waals surface area contributed by atoms with E-state index in [-0.39, 0.29) is 5.91 Å². The Balaban J connectivity index is 1.76. The lowest BCUT2D eigenvalue weighted by Crippen LogP contribution is -2.40. The summed E-state index contributed by atoms with van der Waals surface area (Å²) >= 11 is 1.57. The quantitative estimate of drug-likeness (QED) is 0.558. The van der Waals surface area contributed by atoms with Crippen LogP contribution in [-0.4, -0.2) is 24.5 Å². The van der Waals surface area contributed by atoms with Crippen molar-refractivity contribution in [3.8, 4) is 5.75 Å². The van der Waals surface area contributed by atoms with E-state index < -0.39 is 17.8 Å². The van der Waals surface area contributed by atoms with E-state index >= 15 is 0 Å². The molecule has 0 N–H and O–H groups in total. The second-order valence-corrected chi connectivity index (χ2v) is 7.80. The third-order valence-corrected chi connectivity index (χ3v) is 6.09. The number of ether oxygens (including phenoxy) is 1. The van der Waals surface area contributed by atoms with Crippen molar-refractivity contribution in [2.75, 3.05) is 13.7 Å². The van der Waals surface area contributed by atoms with E-state index in [9.17, 15) is 18.0 Å². The average molecular weight is 417 g/mol. The van der Waals surface area contributed by atoms with Crippen molar-refractivity contribution in [3.05, 3.63) is 87.1 Å². The van der Waals surface area contributed by atoms with Crippen LogP contribution in [0.4, 0.5) is 13.2 Å². The number of fused-ring (bicyclic) bond motifs is 1. The molecule has 0 saturated heterocycles. The van der Waals surface area contributed by atoms with Gasteiger partial charge in [0.25, 0.3) is 5.91 Å². The van der Waals surface area contributed by atoms with Crippen molar-refractivity contribution in [2.24, 2.45) is 0 Å². The number of carbonyl (C=O) groups excluding carboxylic acids is 1. The molecule has 1 atom stereocenters. The van der Waals surface area contributed by atoms with Gasteiger partial charge in [0.2, 0.25) is 0 Å². The second kappa shape index (κ2) is 7.55. The summed E-state index contributed by atoms with van der Waals surface area (Å²) in [6, 6.07) is 13.3. The van der Waals surface area contributed by atoms with Gasteiger partial charge in [-0.2, -0.15) is 13.2 Å². The van der Waals surface area contributed by atoms with Crippen molar-refractivity contribution < 1.29 is 22.7 Å². The van der Waals surface area contributed by atoms with Crippen LogP contribution in [0, 0.1) is 0 Å². The summed E-state index contributed by atoms with van der Waals surface area (Å²) in [6.07, 6.45) is -3.75. The lowest BCUT2D eigenvalue weighted by Gasteiger charge is -2.36. The predicted molar refractivity (Wildman–Crippen MR) is 105 cm³/mol. The number of methoxy groups -OCH3 is 1. The summed E-state index contributed by atoms with van der Waals surface area (Å²) in [7, 11) is 1.54. The van der Waals surface area contributed by atoms with Crippen LogP contribution in [0.1, 0.15) is 38.0 Å². The number of benzene rings is 2. The van der Waals surface area contributed by atoms with Crippen molar-refractivity contribution in [3.63, 3.8) is 0 Å². The fourth-order valence-corrected chi connectivity index (χ4v) is 4.58. The largest absolute Gasteiger partial charge is 0.497 e. The molecule has 1 unspecified atom stereocenters. The summed E-state index contributed by atoms with van der Waals surface area (Å²) in [6.45, 7) is 0.444. The topological polar surface area (TPSA) is 29.5 Å². The van der Waals surface area contributed by atoms with Crippen LogP contribution in [-0.2, 0) is 12.6 Å². The molecule has 0 saturated carbocycles. The Hall–Kier alpha value is -2.80. The van der Waals surface area contributed by atoms with Gasteiger partial charge in [-0.05, 0) is 65.4 Å². The number of hydrogen-bond donors (Lipinski definition) is 0. The Morgan fingerprint density at radius 1 is 1.14 bits per heavy atom. The molecule has 2 aromatic carbocycles. The van der Waals surface area contributed by atoms with E-state index in [0.29, 0.717) is 29.8 Å². The molecule has 4 rings (SSSR count). The van der Waals surface area contributed by atoms with Crippen LogP contribution in [0.15, 0.2) is 60.0 Å². The van der Waals surface area contributed by atoms with Crippen molar-refractivity contribution in [1.29, 1.82) is 0 Å². The van der Waals surface area contributed by atoms with Crippen molar-refractivity contribution >= 4 is 17.2 Å². The molecule has 1 aromatic heterocycles. The Kier molecular flexibility index (Phi) is 5.08. The van der Waals surface area contributed by atoms with E-state index in [1.54, 1.807) is 53.7 Å². The fourth-order valence-electron chi connectivity index (χ4n) is 3.68. The highest BCUT2D eigenvalue weighted by Crippen LogP contribution is 2.40. The Labute approximate surface area is 170 Å². The molecular weight excluding hydrogens is 399 g/mol. The number of rotatable bonds is 3. The molecule has 29 heavy (non-hydrogen) atoms. The molecule has 0 fully saturated rings. The minimum Gasteiger partial charge on any atom is -0.497 e. The van der Waals surface area contributed by atoms with Gasteiger partial charge in [-0.25, -0.2) is 0 Å². The zero-order chi connectivity index (χ0) is 20.6. The smallest absolute Gasteiger partial charge is 0.416 e. The van der Waals surface area contributed by atoms with Gasteiger partial charge in [-0.3, -0.25) is 4.79 Å². The second-order valence-electron chi connectivity index (χ2n) is 6.80. The molecule has 0 spiro atoms. The average Bonchev–Trinajstić information content (AvgIpc) is 3.21. The SMILES string of the molecule is COc1ccc(C(=O)N2CCc3sccc3C2c2cccc(C(F)(F)F)c2)cc1. The van der Waals surface area contributed by atoms with Crippen LogP contribution in [0.2, 0.25) is 0 Å². The summed E-state index contributed by atoms with van der Waals surface area (Å²) in [4.78, 5) is 16.0. The first-order valence-electron chi connectivity index (χ1n) is 9.07. The van der Waals surface area contributed by atoms with Crippen LogP contribution in [0.25, 0.3) is 0 Å². The standard InChI is InChI=1S/C22H18F3NO2S/c1-28-17-7-5-14(6-8-17)21(27)26-11-9-19-18(10-12-29-19)20(26)15-3-2-4-16(13-15)22(23,24)25/h2-8,10,12-13,20H,9,11H2,1H3. The highest BCUT2D eigenvalue weighted by atomic mass is 32.1. The number of alkyl halides is 3. The van der Waals surface area contributed by atoms with E-state index in [4.69, 9.17) is 4.74 Å². The number of halogens is 3. The zero-order valence-electron chi connectivity index (χ0n) is 15.6. The molecule has 150 valence electrons. The molecule has 1 amide bonds. The highest BCUT2D eigenvalue weighted by Gasteiger charge is 2.36. The third kappa shape index (κ3) is 3.74. The molecule has 1 aliphatic heterocycles. The molecule has 0 bridgehead atoms. The van der Waals surface area contributed by atoms with Crippen LogP contribution >= 0.6 is 11.3 Å². The molecule has 0 radical (unpaired) electrons. The molecular formula is C22H18F3NO2S. The summed E-state index contributed by atoms with van der Waals surface area (Å²) in [5.74, 6) is 0.418. The van der Waals surface area contributed by atoms with Crippen LogP contribution in [0.5, 0.6) is 5.75 Å². The number of carbonyl (C=O) groups is 1. The highest BCUT2D eigenvalue weighted by molar-refractivity contribution is 7.10. The van der Waals surface area contributed by atoms with Gasteiger partial charge in [-0.1, -0.05) is 12.1 Å². The van der Waals surface area contributed by atoms with Gasteiger partial charge in [0, 0.05) is 17.0 Å². The minimum absolute atomic E-state index is 0.216. The fraction of sp³-hybridized carbons (Fsp3) is 0.227. The van der Waals surface area contributed by atoms with Gasteiger partial charge in [-0.15, -0.1) is 11.3 Å². The van der Waals surface area contributed by atoms with Gasteiger partial charge < -0.3 is 9.64 Å². The van der Waals surface area contributed by atoms with E-state index in [2.05, 4.69) is 0 Å².